The number of sulfone groups is 1. The first-order valence-electron chi connectivity index (χ1n) is 5.34. The molecule has 0 bridgehead atoms. The van der Waals surface area contributed by atoms with Crippen molar-refractivity contribution in [3.63, 3.8) is 0 Å². The average molecular weight is 334 g/mol. The van der Waals surface area contributed by atoms with Crippen LogP contribution >= 0.6 is 15.9 Å². The second-order valence-electron chi connectivity index (χ2n) is 4.57. The average Bonchev–Trinajstić information content (AvgIpc) is 2.27. The van der Waals surface area contributed by atoms with Gasteiger partial charge in [-0.2, -0.15) is 0 Å². The third-order valence-corrected chi connectivity index (χ3v) is 5.50. The Labute approximate surface area is 116 Å². The monoisotopic (exact) mass is 333 g/mol. The van der Waals surface area contributed by atoms with E-state index in [1.54, 1.807) is 18.2 Å². The van der Waals surface area contributed by atoms with Crippen LogP contribution in [0.4, 0.5) is 5.69 Å². The minimum atomic E-state index is -3.46. The summed E-state index contributed by atoms with van der Waals surface area (Å²) in [5.74, 6) is -0.531. The molecule has 1 N–H and O–H groups in total. The van der Waals surface area contributed by atoms with Crippen molar-refractivity contribution in [2.75, 3.05) is 11.6 Å². The van der Waals surface area contributed by atoms with E-state index < -0.39 is 20.5 Å². The van der Waals surface area contributed by atoms with E-state index in [0.717, 1.165) is 11.8 Å². The third-order valence-electron chi connectivity index (χ3n) is 2.81. The van der Waals surface area contributed by atoms with Crippen LogP contribution in [0.3, 0.4) is 0 Å². The molecule has 0 atom stereocenters. The van der Waals surface area contributed by atoms with Crippen molar-refractivity contribution in [1.82, 2.24) is 0 Å². The van der Waals surface area contributed by atoms with Gasteiger partial charge in [0.1, 0.15) is 4.75 Å². The third kappa shape index (κ3) is 3.32. The molecule has 6 heteroatoms. The molecular weight excluding hydrogens is 318 g/mol. The number of hydrogen-bond donors (Lipinski definition) is 1. The van der Waals surface area contributed by atoms with Crippen LogP contribution in [-0.2, 0) is 20.0 Å². The molecule has 0 aliphatic carbocycles. The molecule has 0 aliphatic rings. The maximum Gasteiger partial charge on any atom is 0.245 e. The molecule has 0 aromatic heterocycles. The Morgan fingerprint density at radius 2 is 2.00 bits per heavy atom. The molecule has 4 nitrogen and oxygen atoms in total. The molecule has 1 amide bonds. The van der Waals surface area contributed by atoms with E-state index in [4.69, 9.17) is 0 Å². The Morgan fingerprint density at radius 1 is 1.39 bits per heavy atom. The van der Waals surface area contributed by atoms with E-state index in [2.05, 4.69) is 21.2 Å². The summed E-state index contributed by atoms with van der Waals surface area (Å²) >= 11 is 3.32. The predicted molar refractivity (Wildman–Crippen MR) is 76.6 cm³/mol. The first kappa shape index (κ1) is 15.2. The lowest BCUT2D eigenvalue weighted by atomic mass is 10.1. The van der Waals surface area contributed by atoms with Crippen LogP contribution in [0.2, 0.25) is 0 Å². The molecule has 0 heterocycles. The zero-order valence-electron chi connectivity index (χ0n) is 10.5. The van der Waals surface area contributed by atoms with Gasteiger partial charge >= 0.3 is 0 Å². The number of amides is 1. The zero-order chi connectivity index (χ0) is 14.0. The maximum absolute atomic E-state index is 12.0. The second-order valence-corrected chi connectivity index (χ2v) is 7.70. The largest absolute Gasteiger partial charge is 0.325 e. The van der Waals surface area contributed by atoms with E-state index in [0.29, 0.717) is 11.0 Å². The second kappa shape index (κ2) is 5.40. The fraction of sp³-hybridized carbons (Fsp3) is 0.417. The highest BCUT2D eigenvalue weighted by atomic mass is 79.9. The number of rotatable bonds is 4. The Bertz CT molecular complexity index is 552. The van der Waals surface area contributed by atoms with E-state index in [-0.39, 0.29) is 0 Å². The lowest BCUT2D eigenvalue weighted by Gasteiger charge is -2.21. The molecule has 0 aliphatic heterocycles. The number of carbonyl (C=O) groups excluding carboxylic acids is 1. The first-order chi connectivity index (χ1) is 8.18. The molecule has 0 saturated heterocycles. The molecule has 100 valence electrons. The van der Waals surface area contributed by atoms with Gasteiger partial charge in [0.05, 0.1) is 0 Å². The van der Waals surface area contributed by atoms with Crippen LogP contribution in [0.25, 0.3) is 0 Å². The lowest BCUT2D eigenvalue weighted by Crippen LogP contribution is -2.43. The standard InChI is InChI=1S/C12H16BrNO3S/c1-12(2,18(3,16)17)11(15)14-10-6-4-5-9(7-10)8-13/h4-7H,8H2,1-3H3,(H,14,15). The van der Waals surface area contributed by atoms with Gasteiger partial charge in [-0.15, -0.1) is 0 Å². The van der Waals surface area contributed by atoms with Crippen molar-refractivity contribution in [3.05, 3.63) is 29.8 Å². The summed E-state index contributed by atoms with van der Waals surface area (Å²) in [5, 5.41) is 3.30. The van der Waals surface area contributed by atoms with Gasteiger partial charge in [-0.05, 0) is 31.5 Å². The van der Waals surface area contributed by atoms with Crippen LogP contribution in [-0.4, -0.2) is 25.3 Å². The molecule has 1 rings (SSSR count). The Kier molecular flexibility index (Phi) is 4.55. The Balaban J connectivity index is 2.95. The van der Waals surface area contributed by atoms with E-state index >= 15 is 0 Å². The van der Waals surface area contributed by atoms with Gasteiger partial charge in [0, 0.05) is 17.3 Å². The highest BCUT2D eigenvalue weighted by molar-refractivity contribution is 9.08. The fourth-order valence-electron chi connectivity index (χ4n) is 1.18. The first-order valence-corrected chi connectivity index (χ1v) is 8.35. The highest BCUT2D eigenvalue weighted by Crippen LogP contribution is 2.19. The number of halogens is 1. The zero-order valence-corrected chi connectivity index (χ0v) is 12.9. The molecule has 0 unspecified atom stereocenters. The number of benzene rings is 1. The van der Waals surface area contributed by atoms with Gasteiger partial charge in [0.15, 0.2) is 9.84 Å². The molecule has 0 spiro atoms. The maximum atomic E-state index is 12.0. The Hall–Kier alpha value is -0.880. The minimum Gasteiger partial charge on any atom is -0.325 e. The summed E-state index contributed by atoms with van der Waals surface area (Å²) in [6.45, 7) is 2.79. The van der Waals surface area contributed by atoms with Crippen molar-refractivity contribution >= 4 is 37.4 Å². The van der Waals surface area contributed by atoms with Gasteiger partial charge in [-0.25, -0.2) is 8.42 Å². The van der Waals surface area contributed by atoms with Gasteiger partial charge in [-0.1, -0.05) is 28.1 Å². The topological polar surface area (TPSA) is 63.2 Å². The molecule has 18 heavy (non-hydrogen) atoms. The van der Waals surface area contributed by atoms with Crippen molar-refractivity contribution in [2.45, 2.75) is 23.9 Å². The van der Waals surface area contributed by atoms with Crippen molar-refractivity contribution < 1.29 is 13.2 Å². The van der Waals surface area contributed by atoms with Gasteiger partial charge in [-0.3, -0.25) is 4.79 Å². The van der Waals surface area contributed by atoms with Gasteiger partial charge in [0.2, 0.25) is 5.91 Å². The smallest absolute Gasteiger partial charge is 0.245 e. The molecule has 0 fully saturated rings. The summed E-state index contributed by atoms with van der Waals surface area (Å²) in [5.41, 5.74) is 1.60. The Morgan fingerprint density at radius 3 is 2.50 bits per heavy atom. The summed E-state index contributed by atoms with van der Waals surface area (Å²) in [6.07, 6.45) is 1.06. The van der Waals surface area contributed by atoms with Crippen molar-refractivity contribution in [2.24, 2.45) is 0 Å². The van der Waals surface area contributed by atoms with Crippen LogP contribution in [0.1, 0.15) is 19.4 Å². The van der Waals surface area contributed by atoms with Crippen LogP contribution in [0.5, 0.6) is 0 Å². The number of nitrogens with one attached hydrogen (secondary N) is 1. The number of carbonyl (C=O) groups is 1. The lowest BCUT2D eigenvalue weighted by molar-refractivity contribution is -0.117. The van der Waals surface area contributed by atoms with Crippen LogP contribution < -0.4 is 5.32 Å². The predicted octanol–water partition coefficient (Wildman–Crippen LogP) is 2.34. The number of hydrogen-bond acceptors (Lipinski definition) is 3. The van der Waals surface area contributed by atoms with E-state index in [1.165, 1.54) is 13.8 Å². The SMILES string of the molecule is CC(C)(C(=O)Nc1cccc(CBr)c1)S(C)(=O)=O. The van der Waals surface area contributed by atoms with Crippen molar-refractivity contribution in [3.8, 4) is 0 Å². The van der Waals surface area contributed by atoms with E-state index in [9.17, 15) is 13.2 Å². The van der Waals surface area contributed by atoms with Crippen molar-refractivity contribution in [1.29, 1.82) is 0 Å². The van der Waals surface area contributed by atoms with Gasteiger partial charge in [0.25, 0.3) is 0 Å². The minimum absolute atomic E-state index is 0.531. The highest BCUT2D eigenvalue weighted by Gasteiger charge is 2.38. The van der Waals surface area contributed by atoms with E-state index in [1.807, 2.05) is 6.07 Å². The molecule has 0 saturated carbocycles. The van der Waals surface area contributed by atoms with Crippen LogP contribution in [0, 0.1) is 0 Å². The van der Waals surface area contributed by atoms with Gasteiger partial charge < -0.3 is 5.32 Å². The summed E-state index contributed by atoms with van der Waals surface area (Å²) in [4.78, 5) is 12.0. The summed E-state index contributed by atoms with van der Waals surface area (Å²) in [6, 6.07) is 7.24. The summed E-state index contributed by atoms with van der Waals surface area (Å²) < 4.78 is 21.6. The molecule has 0 radical (unpaired) electrons. The quantitative estimate of drug-likeness (QED) is 0.860. The molecule has 1 aromatic rings. The number of anilines is 1. The normalized spacial score (nSPS) is 12.2. The molecule has 1 aromatic carbocycles. The molecular formula is C12H16BrNO3S. The number of alkyl halides is 1. The van der Waals surface area contributed by atoms with Crippen LogP contribution in [0.15, 0.2) is 24.3 Å². The fourth-order valence-corrected chi connectivity index (χ4v) is 1.92. The summed E-state index contributed by atoms with van der Waals surface area (Å²) in [7, 11) is -3.46.